The molecule has 0 saturated carbocycles. The molecule has 0 fully saturated rings. The van der Waals surface area contributed by atoms with Gasteiger partial charge in [-0.2, -0.15) is 0 Å². The van der Waals surface area contributed by atoms with Gasteiger partial charge in [0.1, 0.15) is 5.82 Å². The van der Waals surface area contributed by atoms with Crippen molar-refractivity contribution in [2.45, 2.75) is 12.8 Å². The first-order valence-corrected chi connectivity index (χ1v) is 4.22. The number of alkyl halides is 2. The molecule has 0 atom stereocenters. The fourth-order valence-electron chi connectivity index (χ4n) is 1.18. The molecule has 0 amide bonds. The third-order valence-electron chi connectivity index (χ3n) is 1.88. The SMILES string of the molecule is COC(=O)Cc1[nH]c(=O)cc(F)c1C(F)F. The van der Waals surface area contributed by atoms with E-state index >= 15 is 0 Å². The number of H-pyrrole nitrogens is 1. The zero-order valence-corrected chi connectivity index (χ0v) is 8.22. The van der Waals surface area contributed by atoms with Gasteiger partial charge in [-0.15, -0.1) is 0 Å². The lowest BCUT2D eigenvalue weighted by Crippen LogP contribution is -2.17. The van der Waals surface area contributed by atoms with E-state index in [0.29, 0.717) is 6.07 Å². The van der Waals surface area contributed by atoms with E-state index in [1.54, 1.807) is 0 Å². The summed E-state index contributed by atoms with van der Waals surface area (Å²) in [5.41, 5.74) is -2.34. The van der Waals surface area contributed by atoms with E-state index in [2.05, 4.69) is 4.74 Å². The van der Waals surface area contributed by atoms with Gasteiger partial charge in [0.15, 0.2) is 0 Å². The highest BCUT2D eigenvalue weighted by Crippen LogP contribution is 2.23. The van der Waals surface area contributed by atoms with Crippen molar-refractivity contribution in [3.63, 3.8) is 0 Å². The van der Waals surface area contributed by atoms with Crippen LogP contribution in [0.4, 0.5) is 13.2 Å². The first kappa shape index (κ1) is 12.3. The third kappa shape index (κ3) is 2.62. The van der Waals surface area contributed by atoms with Crippen LogP contribution in [0.5, 0.6) is 0 Å². The predicted molar refractivity (Wildman–Crippen MR) is 47.7 cm³/mol. The van der Waals surface area contributed by atoms with Crippen molar-refractivity contribution < 1.29 is 22.7 Å². The quantitative estimate of drug-likeness (QED) is 0.800. The van der Waals surface area contributed by atoms with Crippen LogP contribution in [0.1, 0.15) is 17.7 Å². The molecule has 0 bridgehead atoms. The van der Waals surface area contributed by atoms with Crippen LogP contribution in [-0.4, -0.2) is 18.1 Å². The Balaban J connectivity index is 3.24. The average molecular weight is 235 g/mol. The number of halogens is 3. The number of nitrogens with one attached hydrogen (secondary N) is 1. The number of aromatic nitrogens is 1. The highest BCUT2D eigenvalue weighted by Gasteiger charge is 2.21. The minimum absolute atomic E-state index is 0.405. The molecular weight excluding hydrogens is 227 g/mol. The van der Waals surface area contributed by atoms with Gasteiger partial charge in [0.2, 0.25) is 0 Å². The molecule has 0 aromatic carbocycles. The average Bonchev–Trinajstić information content (AvgIpc) is 2.15. The maximum atomic E-state index is 13.1. The van der Waals surface area contributed by atoms with Gasteiger partial charge < -0.3 is 9.72 Å². The van der Waals surface area contributed by atoms with Gasteiger partial charge in [0, 0.05) is 11.8 Å². The Hall–Kier alpha value is -1.79. The van der Waals surface area contributed by atoms with Crippen molar-refractivity contribution in [2.75, 3.05) is 7.11 Å². The molecular formula is C9H8F3NO3. The largest absolute Gasteiger partial charge is 0.469 e. The third-order valence-corrected chi connectivity index (χ3v) is 1.88. The number of carbonyl (C=O) groups is 1. The standard InChI is InChI=1S/C9H8F3NO3/c1-16-7(15)3-5-8(9(11)12)4(10)2-6(14)13-5/h2,9H,3H2,1H3,(H,13,14). The number of ether oxygens (including phenoxy) is 1. The summed E-state index contributed by atoms with van der Waals surface area (Å²) in [6.45, 7) is 0. The Kier molecular flexibility index (Phi) is 3.70. The molecule has 1 rings (SSSR count). The number of pyridine rings is 1. The molecule has 4 nitrogen and oxygen atoms in total. The molecule has 0 spiro atoms. The number of esters is 1. The summed E-state index contributed by atoms with van der Waals surface area (Å²) in [7, 11) is 1.06. The summed E-state index contributed by atoms with van der Waals surface area (Å²) in [5.74, 6) is -2.18. The van der Waals surface area contributed by atoms with E-state index in [-0.39, 0.29) is 0 Å². The summed E-state index contributed by atoms with van der Waals surface area (Å²) >= 11 is 0. The summed E-state index contributed by atoms with van der Waals surface area (Å²) in [4.78, 5) is 23.7. The Morgan fingerprint density at radius 1 is 1.56 bits per heavy atom. The number of carbonyl (C=O) groups excluding carboxylic acids is 1. The number of hydrogen-bond acceptors (Lipinski definition) is 3. The van der Waals surface area contributed by atoms with Crippen LogP contribution in [0, 0.1) is 5.82 Å². The van der Waals surface area contributed by atoms with Gasteiger partial charge in [-0.25, -0.2) is 13.2 Å². The number of rotatable bonds is 3. The van der Waals surface area contributed by atoms with Gasteiger partial charge >= 0.3 is 5.97 Å². The van der Waals surface area contributed by atoms with Crippen LogP contribution in [0.15, 0.2) is 10.9 Å². The Morgan fingerprint density at radius 3 is 2.69 bits per heavy atom. The smallest absolute Gasteiger partial charge is 0.311 e. The van der Waals surface area contributed by atoms with E-state index in [4.69, 9.17) is 0 Å². The van der Waals surface area contributed by atoms with Crippen molar-refractivity contribution in [1.29, 1.82) is 0 Å². The normalized spacial score (nSPS) is 10.6. The number of hydrogen-bond donors (Lipinski definition) is 1. The van der Waals surface area contributed by atoms with Crippen molar-refractivity contribution in [2.24, 2.45) is 0 Å². The molecule has 0 saturated heterocycles. The van der Waals surface area contributed by atoms with Gasteiger partial charge in [-0.05, 0) is 0 Å². The van der Waals surface area contributed by atoms with Crippen molar-refractivity contribution in [1.82, 2.24) is 4.98 Å². The second-order valence-electron chi connectivity index (χ2n) is 2.93. The van der Waals surface area contributed by atoms with Gasteiger partial charge in [-0.3, -0.25) is 9.59 Å². The summed E-state index contributed by atoms with van der Waals surface area (Å²) in [6.07, 6.45) is -3.72. The minimum atomic E-state index is -3.11. The zero-order valence-electron chi connectivity index (χ0n) is 8.22. The minimum Gasteiger partial charge on any atom is -0.469 e. The van der Waals surface area contributed by atoms with Crippen molar-refractivity contribution in [3.05, 3.63) is 33.5 Å². The van der Waals surface area contributed by atoms with E-state index in [1.807, 2.05) is 4.98 Å². The van der Waals surface area contributed by atoms with Crippen LogP contribution >= 0.6 is 0 Å². The molecule has 1 aromatic heterocycles. The molecule has 1 heterocycles. The second-order valence-corrected chi connectivity index (χ2v) is 2.93. The first-order valence-electron chi connectivity index (χ1n) is 4.22. The van der Waals surface area contributed by atoms with Crippen LogP contribution < -0.4 is 5.56 Å². The molecule has 0 aliphatic heterocycles. The maximum absolute atomic E-state index is 13.1. The molecule has 88 valence electrons. The van der Waals surface area contributed by atoms with Gasteiger partial charge in [0.25, 0.3) is 12.0 Å². The molecule has 1 aromatic rings. The first-order chi connectivity index (χ1) is 7.45. The number of aromatic amines is 1. The van der Waals surface area contributed by atoms with E-state index in [0.717, 1.165) is 7.11 Å². The summed E-state index contributed by atoms with van der Waals surface area (Å²) in [6, 6.07) is 0.405. The molecule has 16 heavy (non-hydrogen) atoms. The van der Waals surface area contributed by atoms with Crippen molar-refractivity contribution >= 4 is 5.97 Å². The van der Waals surface area contributed by atoms with E-state index < -0.39 is 41.4 Å². The van der Waals surface area contributed by atoms with E-state index in [1.165, 1.54) is 0 Å². The Bertz CT molecular complexity index is 456. The molecule has 7 heteroatoms. The van der Waals surface area contributed by atoms with Gasteiger partial charge in [-0.1, -0.05) is 0 Å². The molecule has 0 radical (unpaired) electrons. The molecule has 0 aliphatic rings. The lowest BCUT2D eigenvalue weighted by molar-refractivity contribution is -0.139. The highest BCUT2D eigenvalue weighted by molar-refractivity contribution is 5.72. The number of methoxy groups -OCH3 is 1. The Labute approximate surface area is 88.0 Å². The lowest BCUT2D eigenvalue weighted by Gasteiger charge is -2.08. The Morgan fingerprint density at radius 2 is 2.19 bits per heavy atom. The van der Waals surface area contributed by atoms with Crippen molar-refractivity contribution in [3.8, 4) is 0 Å². The highest BCUT2D eigenvalue weighted by atomic mass is 19.3. The molecule has 0 aliphatic carbocycles. The topological polar surface area (TPSA) is 59.2 Å². The van der Waals surface area contributed by atoms with Crippen LogP contribution in [0.25, 0.3) is 0 Å². The van der Waals surface area contributed by atoms with Crippen LogP contribution in [0.2, 0.25) is 0 Å². The van der Waals surface area contributed by atoms with Crippen LogP contribution in [-0.2, 0) is 16.0 Å². The molecule has 0 unspecified atom stereocenters. The van der Waals surface area contributed by atoms with Crippen LogP contribution in [0.3, 0.4) is 0 Å². The monoisotopic (exact) mass is 235 g/mol. The fourth-order valence-corrected chi connectivity index (χ4v) is 1.18. The fraction of sp³-hybridized carbons (Fsp3) is 0.333. The molecule has 1 N–H and O–H groups in total. The summed E-state index contributed by atoms with van der Waals surface area (Å²) < 4.78 is 42.2. The zero-order chi connectivity index (χ0) is 12.3. The lowest BCUT2D eigenvalue weighted by atomic mass is 10.1. The second kappa shape index (κ2) is 4.82. The van der Waals surface area contributed by atoms with Gasteiger partial charge in [0.05, 0.1) is 19.1 Å². The van der Waals surface area contributed by atoms with E-state index in [9.17, 15) is 22.8 Å². The summed E-state index contributed by atoms with van der Waals surface area (Å²) in [5, 5.41) is 0. The predicted octanol–water partition coefficient (Wildman–Crippen LogP) is 1.17. The maximum Gasteiger partial charge on any atom is 0.311 e.